The first-order valence-corrected chi connectivity index (χ1v) is 6.63. The van der Waals surface area contributed by atoms with Crippen LogP contribution in [0.2, 0.25) is 0 Å². The molecule has 0 bridgehead atoms. The second-order valence-electron chi connectivity index (χ2n) is 6.15. The lowest BCUT2D eigenvalue weighted by molar-refractivity contribution is 0.212. The third kappa shape index (κ3) is 2.68. The van der Waals surface area contributed by atoms with Crippen LogP contribution in [0.3, 0.4) is 0 Å². The molecule has 1 aliphatic rings. The predicted octanol–water partition coefficient (Wildman–Crippen LogP) is 1.78. The Hall–Kier alpha value is -0.900. The van der Waals surface area contributed by atoms with Crippen molar-refractivity contribution in [2.75, 3.05) is 6.54 Å². The van der Waals surface area contributed by atoms with E-state index in [-0.39, 0.29) is 0 Å². The zero-order valence-electron chi connectivity index (χ0n) is 11.2. The van der Waals surface area contributed by atoms with Gasteiger partial charge in [-0.15, -0.1) is 5.10 Å². The van der Waals surface area contributed by atoms with Gasteiger partial charge >= 0.3 is 0 Å². The summed E-state index contributed by atoms with van der Waals surface area (Å²) < 4.78 is 2.06. The number of rotatable bonds is 3. The standard InChI is InChI=1S/C13H24N4/c1-13(2,3)10-5-6-12-11(9-10)15-16-17(12)8-4-7-14/h10H,4-9,14H2,1-3H3. The average Bonchev–Trinajstić information content (AvgIpc) is 2.67. The van der Waals surface area contributed by atoms with Gasteiger partial charge < -0.3 is 5.73 Å². The highest BCUT2D eigenvalue weighted by Crippen LogP contribution is 2.36. The van der Waals surface area contributed by atoms with Gasteiger partial charge in [0.1, 0.15) is 0 Å². The van der Waals surface area contributed by atoms with Crippen LogP contribution in [-0.4, -0.2) is 21.5 Å². The number of nitrogens with zero attached hydrogens (tertiary/aromatic N) is 3. The first kappa shape index (κ1) is 12.6. The highest BCUT2D eigenvalue weighted by molar-refractivity contribution is 5.15. The zero-order valence-corrected chi connectivity index (χ0v) is 11.2. The van der Waals surface area contributed by atoms with E-state index >= 15 is 0 Å². The normalized spacial score (nSPS) is 20.4. The van der Waals surface area contributed by atoms with Gasteiger partial charge in [-0.25, -0.2) is 4.68 Å². The van der Waals surface area contributed by atoms with Gasteiger partial charge in [-0.2, -0.15) is 0 Å². The van der Waals surface area contributed by atoms with Crippen LogP contribution in [0.5, 0.6) is 0 Å². The lowest BCUT2D eigenvalue weighted by Crippen LogP contribution is -2.27. The molecule has 2 N–H and O–H groups in total. The number of aromatic nitrogens is 3. The number of nitrogens with two attached hydrogens (primary N) is 1. The number of aryl methyl sites for hydroxylation is 1. The molecule has 96 valence electrons. The largest absolute Gasteiger partial charge is 0.330 e. The van der Waals surface area contributed by atoms with Crippen molar-refractivity contribution in [2.24, 2.45) is 17.1 Å². The Morgan fingerprint density at radius 1 is 1.41 bits per heavy atom. The highest BCUT2D eigenvalue weighted by atomic mass is 15.4. The van der Waals surface area contributed by atoms with Gasteiger partial charge in [-0.1, -0.05) is 26.0 Å². The topological polar surface area (TPSA) is 56.7 Å². The SMILES string of the molecule is CC(C)(C)C1CCc2c(nnn2CCCN)C1. The molecule has 4 nitrogen and oxygen atoms in total. The summed E-state index contributed by atoms with van der Waals surface area (Å²) in [6.45, 7) is 8.60. The molecule has 1 atom stereocenters. The minimum absolute atomic E-state index is 0.374. The van der Waals surface area contributed by atoms with Crippen LogP contribution in [0.1, 0.15) is 45.0 Å². The fourth-order valence-corrected chi connectivity index (χ4v) is 2.61. The monoisotopic (exact) mass is 236 g/mol. The van der Waals surface area contributed by atoms with E-state index in [0.29, 0.717) is 5.41 Å². The van der Waals surface area contributed by atoms with E-state index < -0.39 is 0 Å². The zero-order chi connectivity index (χ0) is 12.5. The van der Waals surface area contributed by atoms with Gasteiger partial charge in [0.05, 0.1) is 11.4 Å². The summed E-state index contributed by atoms with van der Waals surface area (Å²) in [5.41, 5.74) is 8.47. The second kappa shape index (κ2) is 4.77. The van der Waals surface area contributed by atoms with E-state index in [4.69, 9.17) is 5.73 Å². The van der Waals surface area contributed by atoms with Crippen LogP contribution in [-0.2, 0) is 19.4 Å². The molecule has 1 aliphatic carbocycles. The summed E-state index contributed by atoms with van der Waals surface area (Å²) in [4.78, 5) is 0. The smallest absolute Gasteiger partial charge is 0.0862 e. The molecule has 1 aromatic heterocycles. The molecule has 1 heterocycles. The van der Waals surface area contributed by atoms with Crippen molar-refractivity contribution in [3.63, 3.8) is 0 Å². The van der Waals surface area contributed by atoms with Crippen LogP contribution in [0.25, 0.3) is 0 Å². The lowest BCUT2D eigenvalue weighted by atomic mass is 9.73. The van der Waals surface area contributed by atoms with Crippen LogP contribution in [0, 0.1) is 11.3 Å². The first-order valence-electron chi connectivity index (χ1n) is 6.63. The molecule has 0 saturated heterocycles. The van der Waals surface area contributed by atoms with Crippen molar-refractivity contribution >= 4 is 0 Å². The Morgan fingerprint density at radius 3 is 2.82 bits per heavy atom. The summed E-state index contributed by atoms with van der Waals surface area (Å²) in [6, 6.07) is 0. The molecule has 0 aliphatic heterocycles. The summed E-state index contributed by atoms with van der Waals surface area (Å²) >= 11 is 0. The van der Waals surface area contributed by atoms with E-state index in [1.807, 2.05) is 0 Å². The quantitative estimate of drug-likeness (QED) is 0.870. The summed E-state index contributed by atoms with van der Waals surface area (Å²) in [5.74, 6) is 0.731. The Morgan fingerprint density at radius 2 is 2.18 bits per heavy atom. The van der Waals surface area contributed by atoms with Crippen molar-refractivity contribution in [2.45, 2.75) is 53.0 Å². The van der Waals surface area contributed by atoms with Crippen LogP contribution in [0.15, 0.2) is 0 Å². The van der Waals surface area contributed by atoms with Crippen LogP contribution < -0.4 is 5.73 Å². The van der Waals surface area contributed by atoms with Crippen molar-refractivity contribution < 1.29 is 0 Å². The van der Waals surface area contributed by atoms with Gasteiger partial charge in [0.15, 0.2) is 0 Å². The molecule has 0 saturated carbocycles. The lowest BCUT2D eigenvalue weighted by Gasteiger charge is -2.33. The third-order valence-corrected chi connectivity index (χ3v) is 3.89. The molecule has 17 heavy (non-hydrogen) atoms. The van der Waals surface area contributed by atoms with Crippen LogP contribution in [0.4, 0.5) is 0 Å². The Balaban J connectivity index is 2.10. The highest BCUT2D eigenvalue weighted by Gasteiger charge is 2.31. The molecule has 2 rings (SSSR count). The maximum Gasteiger partial charge on any atom is 0.0862 e. The third-order valence-electron chi connectivity index (χ3n) is 3.89. The molecule has 4 heteroatoms. The minimum Gasteiger partial charge on any atom is -0.330 e. The molecule has 0 aromatic carbocycles. The summed E-state index contributed by atoms with van der Waals surface area (Å²) in [6.07, 6.45) is 4.45. The van der Waals surface area contributed by atoms with E-state index in [1.165, 1.54) is 17.8 Å². The fourth-order valence-electron chi connectivity index (χ4n) is 2.61. The van der Waals surface area contributed by atoms with Crippen molar-refractivity contribution in [1.82, 2.24) is 15.0 Å². The maximum atomic E-state index is 5.54. The molecule has 0 spiro atoms. The number of fused-ring (bicyclic) bond motifs is 1. The van der Waals surface area contributed by atoms with Gasteiger partial charge in [0.25, 0.3) is 0 Å². The first-order chi connectivity index (χ1) is 8.02. The average molecular weight is 236 g/mol. The molecule has 0 amide bonds. The number of hydrogen-bond donors (Lipinski definition) is 1. The number of hydrogen-bond acceptors (Lipinski definition) is 3. The van der Waals surface area contributed by atoms with Gasteiger partial charge in [-0.05, 0) is 43.6 Å². The predicted molar refractivity (Wildman–Crippen MR) is 68.7 cm³/mol. The maximum absolute atomic E-state index is 5.54. The van der Waals surface area contributed by atoms with Gasteiger partial charge in [-0.3, -0.25) is 0 Å². The Kier molecular flexibility index (Phi) is 3.52. The minimum atomic E-state index is 0.374. The summed E-state index contributed by atoms with van der Waals surface area (Å²) in [5, 5.41) is 8.61. The Labute approximate surface area is 104 Å². The van der Waals surface area contributed by atoms with Crippen molar-refractivity contribution in [3.05, 3.63) is 11.4 Å². The van der Waals surface area contributed by atoms with Gasteiger partial charge in [0.2, 0.25) is 0 Å². The second-order valence-corrected chi connectivity index (χ2v) is 6.15. The molecule has 0 radical (unpaired) electrons. The van der Waals surface area contributed by atoms with E-state index in [9.17, 15) is 0 Å². The summed E-state index contributed by atoms with van der Waals surface area (Å²) in [7, 11) is 0. The van der Waals surface area contributed by atoms with Gasteiger partial charge in [0, 0.05) is 6.54 Å². The van der Waals surface area contributed by atoms with E-state index in [2.05, 4.69) is 35.8 Å². The molecule has 0 fully saturated rings. The fraction of sp³-hybridized carbons (Fsp3) is 0.846. The molecule has 1 aromatic rings. The molecular formula is C13H24N4. The van der Waals surface area contributed by atoms with E-state index in [1.54, 1.807) is 0 Å². The molecule has 1 unspecified atom stereocenters. The van der Waals surface area contributed by atoms with Crippen molar-refractivity contribution in [3.8, 4) is 0 Å². The van der Waals surface area contributed by atoms with E-state index in [0.717, 1.165) is 38.3 Å². The van der Waals surface area contributed by atoms with Crippen LogP contribution >= 0.6 is 0 Å². The molecular weight excluding hydrogens is 212 g/mol. The Bertz CT molecular complexity index is 375. The van der Waals surface area contributed by atoms with Crippen molar-refractivity contribution in [1.29, 1.82) is 0 Å².